The first-order valence-electron chi connectivity index (χ1n) is 19.5. The Hall–Kier alpha value is -5.53. The van der Waals surface area contributed by atoms with Gasteiger partial charge in [-0.2, -0.15) is 0 Å². The average molecular weight is 737 g/mol. The van der Waals surface area contributed by atoms with E-state index in [0.29, 0.717) is 45.2 Å². The Labute approximate surface area is 325 Å². The van der Waals surface area contributed by atoms with Crippen LogP contribution in [0.1, 0.15) is 85.7 Å². The number of hydrogen-bond donors (Lipinski definition) is 1. The normalized spacial score (nSPS) is 16.2. The van der Waals surface area contributed by atoms with Gasteiger partial charge in [0.15, 0.2) is 0 Å². The lowest BCUT2D eigenvalue weighted by molar-refractivity contribution is -0.143. The van der Waals surface area contributed by atoms with E-state index in [1.807, 2.05) is 123 Å². The summed E-state index contributed by atoms with van der Waals surface area (Å²) in [7, 11) is 0. The number of aliphatic hydroxyl groups is 1. The molecular weight excluding hydrogens is 685 g/mol. The summed E-state index contributed by atoms with van der Waals surface area (Å²) in [6.45, 7) is 5.28. The zero-order chi connectivity index (χ0) is 38.6. The van der Waals surface area contributed by atoms with E-state index in [1.54, 1.807) is 0 Å². The van der Waals surface area contributed by atoms with Gasteiger partial charge >= 0.3 is 6.09 Å². The Balaban J connectivity index is 1.37. The second kappa shape index (κ2) is 18.7. The molecule has 0 aliphatic carbocycles. The second-order valence-electron chi connectivity index (χ2n) is 14.7. The molecule has 0 saturated carbocycles. The highest BCUT2D eigenvalue weighted by atomic mass is 16.6. The number of amides is 2. The van der Waals surface area contributed by atoms with Crippen molar-refractivity contribution in [2.24, 2.45) is 5.92 Å². The van der Waals surface area contributed by atoms with Crippen LogP contribution in [0.4, 0.5) is 10.5 Å². The van der Waals surface area contributed by atoms with Gasteiger partial charge in [0.25, 0.3) is 0 Å². The molecule has 0 radical (unpaired) electrons. The molecule has 1 heterocycles. The van der Waals surface area contributed by atoms with Gasteiger partial charge in [-0.25, -0.2) is 9.69 Å². The Morgan fingerprint density at radius 3 is 1.89 bits per heavy atom. The van der Waals surface area contributed by atoms with Gasteiger partial charge in [0.1, 0.15) is 24.3 Å². The van der Waals surface area contributed by atoms with E-state index in [4.69, 9.17) is 4.74 Å². The molecule has 0 spiro atoms. The van der Waals surface area contributed by atoms with E-state index < -0.39 is 35.5 Å². The van der Waals surface area contributed by atoms with E-state index in [0.717, 1.165) is 38.4 Å². The zero-order valence-electron chi connectivity index (χ0n) is 31.9. The fraction of sp³-hybridized carbons (Fsp3) is 0.312. The summed E-state index contributed by atoms with van der Waals surface area (Å²) < 4.78 is 5.49. The number of anilines is 1. The smallest absolute Gasteiger partial charge is 0.417 e. The van der Waals surface area contributed by atoms with Crippen molar-refractivity contribution >= 4 is 23.5 Å². The molecule has 55 heavy (non-hydrogen) atoms. The topological polar surface area (TPSA) is 87.2 Å². The number of rotatable bonds is 18. The maximum atomic E-state index is 15.0. The number of aryl methyl sites for hydroxylation is 1. The van der Waals surface area contributed by atoms with Gasteiger partial charge < -0.3 is 14.7 Å². The molecule has 1 saturated heterocycles. The predicted molar refractivity (Wildman–Crippen MR) is 217 cm³/mol. The number of ketones is 1. The van der Waals surface area contributed by atoms with Crippen molar-refractivity contribution < 1.29 is 24.2 Å². The third-order valence-electron chi connectivity index (χ3n) is 10.8. The van der Waals surface area contributed by atoms with Gasteiger partial charge in [-0.1, -0.05) is 154 Å². The summed E-state index contributed by atoms with van der Waals surface area (Å²) in [4.78, 5) is 46.8. The van der Waals surface area contributed by atoms with Crippen molar-refractivity contribution in [2.75, 3.05) is 11.5 Å². The maximum absolute atomic E-state index is 15.0. The summed E-state index contributed by atoms with van der Waals surface area (Å²) in [5, 5.41) is 12.1. The van der Waals surface area contributed by atoms with Gasteiger partial charge in [-0.3, -0.25) is 9.59 Å². The second-order valence-corrected chi connectivity index (χ2v) is 14.7. The van der Waals surface area contributed by atoms with Crippen molar-refractivity contribution in [3.05, 3.63) is 173 Å². The zero-order valence-corrected chi connectivity index (χ0v) is 31.9. The Morgan fingerprint density at radius 1 is 0.764 bits per heavy atom. The highest BCUT2D eigenvalue weighted by Gasteiger charge is 2.47. The fourth-order valence-corrected chi connectivity index (χ4v) is 7.95. The number of carbonyl (C=O) groups excluding carboxylic acids is 3. The molecule has 7 nitrogen and oxygen atoms in total. The third kappa shape index (κ3) is 9.97. The summed E-state index contributed by atoms with van der Waals surface area (Å²) in [6.07, 6.45) is 1.54. The Morgan fingerprint density at radius 2 is 1.33 bits per heavy atom. The summed E-state index contributed by atoms with van der Waals surface area (Å²) >= 11 is 0. The number of Topliss-reactive ketones (excluding diaryl/α,β-unsaturated/α-hetero) is 1. The first-order valence-corrected chi connectivity index (χ1v) is 19.5. The lowest BCUT2D eigenvalue weighted by Gasteiger charge is -2.34. The van der Waals surface area contributed by atoms with Crippen molar-refractivity contribution in [3.8, 4) is 0 Å². The van der Waals surface area contributed by atoms with E-state index in [1.165, 1.54) is 0 Å². The third-order valence-corrected chi connectivity index (χ3v) is 10.8. The highest BCUT2D eigenvalue weighted by Crippen LogP contribution is 2.39. The molecule has 0 bridgehead atoms. The number of imide groups is 1. The molecule has 1 aliphatic heterocycles. The van der Waals surface area contributed by atoms with Crippen LogP contribution in [-0.4, -0.2) is 40.0 Å². The van der Waals surface area contributed by atoms with Crippen LogP contribution in [0, 0.1) is 5.92 Å². The maximum Gasteiger partial charge on any atom is 0.417 e. The van der Waals surface area contributed by atoms with Crippen LogP contribution in [0.5, 0.6) is 0 Å². The molecule has 0 aromatic heterocycles. The van der Waals surface area contributed by atoms with E-state index in [9.17, 15) is 19.5 Å². The monoisotopic (exact) mass is 736 g/mol. The van der Waals surface area contributed by atoms with Crippen LogP contribution in [0.3, 0.4) is 0 Å². The molecule has 5 aromatic rings. The van der Waals surface area contributed by atoms with E-state index >= 15 is 0 Å². The standard InChI is InChI=1S/C48H52N2O5/c1-3-29-48(54,30-28-36-18-9-5-10-19-36)32-44(51)45(46(52)50-43(35-55-47(50)53)39-24-15-8-16-25-39)42(4-2)40-26-17-27-41(31-40)49(33-37-20-11-6-12-21-37)34-38-22-13-7-14-23-38/h5-27,31,42-43,45,54H,3-4,28-30,32-35H2,1-2H3/t42?,43-,45?,48?/m0/s1. The minimum absolute atomic E-state index is 0.00650. The summed E-state index contributed by atoms with van der Waals surface area (Å²) in [6, 6.07) is 47.3. The number of carbonyl (C=O) groups is 3. The molecule has 284 valence electrons. The Bertz CT molecular complexity index is 1950. The summed E-state index contributed by atoms with van der Waals surface area (Å²) in [5.41, 5.74) is 4.59. The minimum Gasteiger partial charge on any atom is -0.446 e. The lowest BCUT2D eigenvalue weighted by Crippen LogP contribution is -2.46. The van der Waals surface area contributed by atoms with Crippen molar-refractivity contribution in [1.29, 1.82) is 0 Å². The van der Waals surface area contributed by atoms with Gasteiger partial charge in [0, 0.05) is 31.1 Å². The van der Waals surface area contributed by atoms with Crippen molar-refractivity contribution in [3.63, 3.8) is 0 Å². The number of hydrogen-bond acceptors (Lipinski definition) is 6. The van der Waals surface area contributed by atoms with E-state index in [-0.39, 0.29) is 18.8 Å². The molecule has 7 heteroatoms. The van der Waals surface area contributed by atoms with Crippen LogP contribution in [-0.2, 0) is 33.8 Å². The number of ether oxygens (including phenoxy) is 1. The van der Waals surface area contributed by atoms with Crippen LogP contribution in [0.2, 0.25) is 0 Å². The Kier molecular flexibility index (Phi) is 13.3. The average Bonchev–Trinajstić information content (AvgIpc) is 3.61. The fourth-order valence-electron chi connectivity index (χ4n) is 7.95. The molecule has 5 aromatic carbocycles. The van der Waals surface area contributed by atoms with E-state index in [2.05, 4.69) is 41.3 Å². The molecule has 1 N–H and O–H groups in total. The first kappa shape index (κ1) is 39.2. The summed E-state index contributed by atoms with van der Waals surface area (Å²) in [5.74, 6) is -2.76. The number of cyclic esters (lactones) is 1. The van der Waals surface area contributed by atoms with Gasteiger partial charge in [0.2, 0.25) is 5.91 Å². The molecular formula is C48H52N2O5. The van der Waals surface area contributed by atoms with Crippen molar-refractivity contribution in [1.82, 2.24) is 4.90 Å². The first-order chi connectivity index (χ1) is 26.8. The number of nitrogens with zero attached hydrogens (tertiary/aromatic N) is 2. The van der Waals surface area contributed by atoms with Crippen LogP contribution in [0.15, 0.2) is 146 Å². The molecule has 2 amide bonds. The molecule has 3 unspecified atom stereocenters. The van der Waals surface area contributed by atoms with Crippen LogP contribution >= 0.6 is 0 Å². The predicted octanol–water partition coefficient (Wildman–Crippen LogP) is 9.85. The molecule has 1 aliphatic rings. The highest BCUT2D eigenvalue weighted by molar-refractivity contribution is 6.07. The minimum atomic E-state index is -1.33. The van der Waals surface area contributed by atoms with Gasteiger partial charge in [0.05, 0.1) is 5.60 Å². The van der Waals surface area contributed by atoms with Crippen LogP contribution in [0.25, 0.3) is 0 Å². The van der Waals surface area contributed by atoms with Crippen molar-refractivity contribution in [2.45, 2.75) is 83.0 Å². The van der Waals surface area contributed by atoms with Crippen LogP contribution < -0.4 is 4.90 Å². The lowest BCUT2D eigenvalue weighted by atomic mass is 9.75. The molecule has 4 atom stereocenters. The number of benzene rings is 5. The van der Waals surface area contributed by atoms with Gasteiger partial charge in [-0.15, -0.1) is 0 Å². The largest absolute Gasteiger partial charge is 0.446 e. The van der Waals surface area contributed by atoms with Gasteiger partial charge in [-0.05, 0) is 65.6 Å². The SMILES string of the molecule is CCCC(O)(CCc1ccccc1)CC(=O)C(C(=O)N1C(=O)OC[C@H]1c1ccccc1)C(CC)c1cccc(N(Cc2ccccc2)Cc2ccccc2)c1. The molecule has 1 fully saturated rings. The molecule has 6 rings (SSSR count). The quantitative estimate of drug-likeness (QED) is 0.0902.